The largest absolute Gasteiger partial charge is 0.494 e. The van der Waals surface area contributed by atoms with E-state index in [1.54, 1.807) is 17.6 Å². The molecule has 0 fully saturated rings. The second-order valence-corrected chi connectivity index (χ2v) is 8.83. The van der Waals surface area contributed by atoms with E-state index >= 15 is 0 Å². The second kappa shape index (κ2) is 15.0. The Bertz CT molecular complexity index is 845. The molecule has 2 bridgehead atoms. The summed E-state index contributed by atoms with van der Waals surface area (Å²) in [6.07, 6.45) is 5.19. The second-order valence-electron chi connectivity index (χ2n) is 8.83. The van der Waals surface area contributed by atoms with Crippen molar-refractivity contribution in [1.29, 1.82) is 0 Å². The number of fused-ring (bicyclic) bond motifs is 11. The van der Waals surface area contributed by atoms with E-state index in [1.807, 2.05) is 12.1 Å². The van der Waals surface area contributed by atoms with Crippen LogP contribution in [-0.2, 0) is 25.6 Å². The summed E-state index contributed by atoms with van der Waals surface area (Å²) in [6.45, 7) is 2.23. The lowest BCUT2D eigenvalue weighted by atomic mass is 9.82. The molecule has 3 rings (SSSR count). The Morgan fingerprint density at radius 1 is 1.11 bits per heavy atom. The zero-order valence-electron chi connectivity index (χ0n) is 20.6. The molecule has 0 unspecified atom stereocenters. The molecular formula is C25H38N4O6. The van der Waals surface area contributed by atoms with Gasteiger partial charge in [-0.1, -0.05) is 44.7 Å². The molecule has 2 aliphatic heterocycles. The first-order valence-electron chi connectivity index (χ1n) is 12.3. The van der Waals surface area contributed by atoms with Crippen LogP contribution < -0.4 is 26.2 Å². The topological polar surface area (TPSA) is 146 Å². The minimum Gasteiger partial charge on any atom is -0.494 e. The lowest BCUT2D eigenvalue weighted by Gasteiger charge is -2.28. The van der Waals surface area contributed by atoms with Crippen molar-refractivity contribution in [3.63, 3.8) is 0 Å². The Labute approximate surface area is 206 Å². The van der Waals surface area contributed by atoms with Crippen molar-refractivity contribution in [2.24, 2.45) is 11.8 Å². The number of hydrogen-bond donors (Lipinski definition) is 5. The van der Waals surface area contributed by atoms with Crippen LogP contribution in [0.25, 0.3) is 0 Å². The van der Waals surface area contributed by atoms with E-state index < -0.39 is 35.6 Å². The van der Waals surface area contributed by atoms with Crippen molar-refractivity contribution in [2.45, 2.75) is 64.3 Å². The molecule has 194 valence electrons. The Morgan fingerprint density at radius 3 is 2.51 bits per heavy atom. The number of hydrogen-bond acceptors (Lipinski definition) is 6. The third kappa shape index (κ3) is 9.20. The number of hydroxylamine groups is 1. The fraction of sp³-hybridized carbons (Fsp3) is 0.600. The Kier molecular flexibility index (Phi) is 12.0. The van der Waals surface area contributed by atoms with E-state index in [9.17, 15) is 24.4 Å². The number of benzene rings is 1. The predicted octanol–water partition coefficient (Wildman–Crippen LogP) is 1.46. The standard InChI is InChI=1S/C25H38N4O6/c1-3-4-5-6-8-19-20(24(32)29-34)9-7-14-35-18-12-10-17(11-13-18)15-21(28-23(19)31)25(33)27-16-22(30)26-2/h10-13,19-21,34H,3-9,14-16H2,1-2H3,(H,26,30)(H,27,33)(H,28,31)(H,29,32)/t19-,20+,21+/m1/s1. The van der Waals surface area contributed by atoms with E-state index in [4.69, 9.17) is 4.74 Å². The van der Waals surface area contributed by atoms with E-state index in [-0.39, 0.29) is 18.9 Å². The lowest BCUT2D eigenvalue weighted by molar-refractivity contribution is -0.141. The number of ether oxygens (including phenoxy) is 1. The Hall–Kier alpha value is -3.14. The average molecular weight is 491 g/mol. The lowest BCUT2D eigenvalue weighted by Crippen LogP contribution is -2.52. The van der Waals surface area contributed by atoms with Gasteiger partial charge < -0.3 is 20.7 Å². The van der Waals surface area contributed by atoms with Crippen molar-refractivity contribution in [1.82, 2.24) is 21.4 Å². The summed E-state index contributed by atoms with van der Waals surface area (Å²) in [5.74, 6) is -2.75. The van der Waals surface area contributed by atoms with Crippen molar-refractivity contribution in [3.8, 4) is 5.75 Å². The molecule has 2 aliphatic rings. The maximum atomic E-state index is 13.5. The summed E-state index contributed by atoms with van der Waals surface area (Å²) in [4.78, 5) is 50.6. The summed E-state index contributed by atoms with van der Waals surface area (Å²) in [6, 6.07) is 6.29. The molecule has 2 heterocycles. The molecule has 35 heavy (non-hydrogen) atoms. The summed E-state index contributed by atoms with van der Waals surface area (Å²) < 4.78 is 5.77. The highest BCUT2D eigenvalue weighted by Crippen LogP contribution is 2.26. The number of nitrogens with one attached hydrogen (secondary N) is 4. The average Bonchev–Trinajstić information content (AvgIpc) is 2.87. The van der Waals surface area contributed by atoms with Gasteiger partial charge in [0, 0.05) is 19.4 Å². The van der Waals surface area contributed by atoms with Crippen LogP contribution in [0, 0.1) is 11.8 Å². The fourth-order valence-electron chi connectivity index (χ4n) is 4.22. The molecule has 5 N–H and O–H groups in total. The van der Waals surface area contributed by atoms with Gasteiger partial charge >= 0.3 is 0 Å². The smallest absolute Gasteiger partial charge is 0.247 e. The summed E-state index contributed by atoms with van der Waals surface area (Å²) in [7, 11) is 1.47. The third-order valence-corrected chi connectivity index (χ3v) is 6.26. The molecule has 3 atom stereocenters. The van der Waals surface area contributed by atoms with Gasteiger partial charge in [0.15, 0.2) is 0 Å². The number of carbonyl (C=O) groups excluding carboxylic acids is 4. The van der Waals surface area contributed by atoms with E-state index in [0.29, 0.717) is 31.6 Å². The van der Waals surface area contributed by atoms with Gasteiger partial charge in [-0.2, -0.15) is 0 Å². The molecule has 10 nitrogen and oxygen atoms in total. The van der Waals surface area contributed by atoms with Crippen LogP contribution in [0.1, 0.15) is 57.4 Å². The van der Waals surface area contributed by atoms with Gasteiger partial charge in [0.2, 0.25) is 23.6 Å². The molecular weight excluding hydrogens is 452 g/mol. The molecule has 1 aromatic rings. The van der Waals surface area contributed by atoms with Gasteiger partial charge in [0.1, 0.15) is 11.8 Å². The predicted molar refractivity (Wildman–Crippen MR) is 130 cm³/mol. The third-order valence-electron chi connectivity index (χ3n) is 6.26. The number of amides is 4. The molecule has 0 spiro atoms. The van der Waals surface area contributed by atoms with Crippen molar-refractivity contribution < 1.29 is 29.1 Å². The summed E-state index contributed by atoms with van der Waals surface area (Å²) in [5.41, 5.74) is 2.51. The van der Waals surface area contributed by atoms with E-state index in [0.717, 1.165) is 31.2 Å². The van der Waals surface area contributed by atoms with Gasteiger partial charge in [-0.3, -0.25) is 24.4 Å². The normalized spacial score (nSPS) is 20.7. The van der Waals surface area contributed by atoms with Crippen LogP contribution in [-0.4, -0.2) is 55.1 Å². The first-order valence-corrected chi connectivity index (χ1v) is 12.3. The zero-order chi connectivity index (χ0) is 25.6. The quantitative estimate of drug-likeness (QED) is 0.201. The minimum absolute atomic E-state index is 0.199. The van der Waals surface area contributed by atoms with Crippen LogP contribution in [0.3, 0.4) is 0 Å². The van der Waals surface area contributed by atoms with Gasteiger partial charge in [-0.15, -0.1) is 0 Å². The highest BCUT2D eigenvalue weighted by Gasteiger charge is 2.35. The van der Waals surface area contributed by atoms with Crippen molar-refractivity contribution in [2.75, 3.05) is 20.2 Å². The fourth-order valence-corrected chi connectivity index (χ4v) is 4.22. The van der Waals surface area contributed by atoms with Gasteiger partial charge in [0.05, 0.1) is 19.1 Å². The van der Waals surface area contributed by atoms with Crippen LogP contribution >= 0.6 is 0 Å². The van der Waals surface area contributed by atoms with Crippen LogP contribution in [0.5, 0.6) is 5.75 Å². The Balaban J connectivity index is 2.33. The molecule has 0 radical (unpaired) electrons. The maximum Gasteiger partial charge on any atom is 0.247 e. The molecule has 0 aromatic heterocycles. The highest BCUT2D eigenvalue weighted by molar-refractivity contribution is 5.93. The Morgan fingerprint density at radius 2 is 1.86 bits per heavy atom. The molecule has 0 saturated heterocycles. The summed E-state index contributed by atoms with van der Waals surface area (Å²) in [5, 5.41) is 17.2. The van der Waals surface area contributed by atoms with Crippen LogP contribution in [0.2, 0.25) is 0 Å². The first kappa shape index (κ1) is 28.1. The highest BCUT2D eigenvalue weighted by atomic mass is 16.5. The molecule has 4 amide bonds. The minimum atomic E-state index is -0.946. The van der Waals surface area contributed by atoms with E-state index in [2.05, 4.69) is 22.9 Å². The SMILES string of the molecule is CCCCCC[C@H]1C(=O)N[C@H](C(=O)NCC(=O)NC)Cc2ccc(cc2)OCCC[C@@H]1C(=O)NO. The van der Waals surface area contributed by atoms with Gasteiger partial charge in [-0.25, -0.2) is 5.48 Å². The number of unbranched alkanes of at least 4 members (excludes halogenated alkanes) is 3. The van der Waals surface area contributed by atoms with Crippen molar-refractivity contribution in [3.05, 3.63) is 29.8 Å². The van der Waals surface area contributed by atoms with Gasteiger partial charge in [0.25, 0.3) is 0 Å². The number of carbonyl (C=O) groups is 4. The summed E-state index contributed by atoms with van der Waals surface area (Å²) >= 11 is 0. The monoisotopic (exact) mass is 490 g/mol. The number of likely N-dealkylation sites (N-methyl/N-ethyl adjacent to an activating group) is 1. The first-order chi connectivity index (χ1) is 16.9. The molecule has 1 aromatic carbocycles. The van der Waals surface area contributed by atoms with Crippen LogP contribution in [0.4, 0.5) is 0 Å². The van der Waals surface area contributed by atoms with Crippen LogP contribution in [0.15, 0.2) is 24.3 Å². The molecule has 0 saturated carbocycles. The molecule has 0 aliphatic carbocycles. The van der Waals surface area contributed by atoms with Gasteiger partial charge in [-0.05, 0) is 37.0 Å². The van der Waals surface area contributed by atoms with Crippen molar-refractivity contribution >= 4 is 23.6 Å². The maximum absolute atomic E-state index is 13.5. The zero-order valence-corrected chi connectivity index (χ0v) is 20.6. The van der Waals surface area contributed by atoms with E-state index in [1.165, 1.54) is 7.05 Å². The molecule has 10 heteroatoms. The number of rotatable bonds is 9.